The molecule has 0 bridgehead atoms. The number of hydrogen-bond donors (Lipinski definition) is 1. The van der Waals surface area contributed by atoms with Crippen molar-refractivity contribution in [3.8, 4) is 0 Å². The van der Waals surface area contributed by atoms with Crippen LogP contribution >= 0.6 is 0 Å². The first-order valence-electron chi connectivity index (χ1n) is 6.65. The van der Waals surface area contributed by atoms with E-state index in [2.05, 4.69) is 0 Å². The van der Waals surface area contributed by atoms with E-state index < -0.39 is 12.4 Å². The van der Waals surface area contributed by atoms with Gasteiger partial charge in [0.2, 0.25) is 0 Å². The second-order valence-corrected chi connectivity index (χ2v) is 5.06. The van der Waals surface area contributed by atoms with Crippen LogP contribution < -0.4 is 0 Å². The molecule has 1 saturated heterocycles. The molecule has 2 rings (SSSR count). The summed E-state index contributed by atoms with van der Waals surface area (Å²) in [5, 5.41) is 9.96. The largest absolute Gasteiger partial charge is 0.387 e. The predicted molar refractivity (Wildman–Crippen MR) is 71.5 cm³/mol. The normalized spacial score (nSPS) is 32.4. The topological polar surface area (TPSA) is 47.9 Å². The van der Waals surface area contributed by atoms with Gasteiger partial charge in [0.25, 0.3) is 0 Å². The number of benzene rings is 1. The summed E-state index contributed by atoms with van der Waals surface area (Å²) in [5.41, 5.74) is 1.13. The maximum Gasteiger partial charge on any atom is 0.183 e. The van der Waals surface area contributed by atoms with Crippen molar-refractivity contribution >= 4 is 0 Å². The van der Waals surface area contributed by atoms with Crippen LogP contribution in [0.25, 0.3) is 0 Å². The molecular formula is C15H22O4. The van der Waals surface area contributed by atoms with Crippen LogP contribution in [0.3, 0.4) is 0 Å². The maximum atomic E-state index is 9.96. The Labute approximate surface area is 114 Å². The number of hydrogen-bond acceptors (Lipinski definition) is 4. The van der Waals surface area contributed by atoms with Crippen LogP contribution in [0.5, 0.6) is 0 Å². The highest BCUT2D eigenvalue weighted by Gasteiger charge is 2.43. The molecule has 4 nitrogen and oxygen atoms in total. The van der Waals surface area contributed by atoms with Gasteiger partial charge in [-0.25, -0.2) is 0 Å². The molecule has 1 N–H and O–H groups in total. The second-order valence-electron chi connectivity index (χ2n) is 5.06. The first kappa shape index (κ1) is 14.5. The van der Waals surface area contributed by atoms with E-state index in [9.17, 15) is 5.11 Å². The maximum absolute atomic E-state index is 9.96. The quantitative estimate of drug-likeness (QED) is 0.885. The van der Waals surface area contributed by atoms with Crippen molar-refractivity contribution in [3.63, 3.8) is 0 Å². The molecule has 0 amide bonds. The van der Waals surface area contributed by atoms with Gasteiger partial charge in [0.1, 0.15) is 6.10 Å². The zero-order chi connectivity index (χ0) is 13.8. The molecular weight excluding hydrogens is 244 g/mol. The summed E-state index contributed by atoms with van der Waals surface area (Å²) in [5.74, 6) is -0.00396. The van der Waals surface area contributed by atoms with Crippen molar-refractivity contribution in [2.45, 2.75) is 45.1 Å². The van der Waals surface area contributed by atoms with E-state index in [0.717, 1.165) is 5.56 Å². The zero-order valence-corrected chi connectivity index (χ0v) is 11.7. The van der Waals surface area contributed by atoms with E-state index in [1.54, 1.807) is 7.11 Å². The number of aliphatic hydroxyl groups is 1. The number of aliphatic hydroxyl groups excluding tert-OH is 1. The second kappa shape index (κ2) is 6.48. The van der Waals surface area contributed by atoms with Crippen LogP contribution in [0.15, 0.2) is 30.3 Å². The fourth-order valence-corrected chi connectivity index (χ4v) is 2.43. The van der Waals surface area contributed by atoms with E-state index in [1.807, 2.05) is 44.2 Å². The number of ether oxygens (including phenoxy) is 3. The lowest BCUT2D eigenvalue weighted by molar-refractivity contribution is -0.168. The van der Waals surface area contributed by atoms with Crippen molar-refractivity contribution in [2.75, 3.05) is 7.11 Å². The third kappa shape index (κ3) is 3.34. The minimum Gasteiger partial charge on any atom is -0.387 e. The number of methoxy groups -OCH3 is 1. The van der Waals surface area contributed by atoms with Crippen molar-refractivity contribution in [1.29, 1.82) is 0 Å². The number of rotatable bonds is 5. The van der Waals surface area contributed by atoms with Crippen LogP contribution in [0, 0.1) is 5.92 Å². The highest BCUT2D eigenvalue weighted by atomic mass is 16.7. The third-order valence-electron chi connectivity index (χ3n) is 3.68. The van der Waals surface area contributed by atoms with Crippen molar-refractivity contribution in [1.82, 2.24) is 0 Å². The van der Waals surface area contributed by atoms with Gasteiger partial charge in [-0.15, -0.1) is 0 Å². The van der Waals surface area contributed by atoms with Crippen LogP contribution in [0.1, 0.15) is 19.4 Å². The van der Waals surface area contributed by atoms with Gasteiger partial charge >= 0.3 is 0 Å². The van der Waals surface area contributed by atoms with Crippen LogP contribution in [-0.4, -0.2) is 36.8 Å². The van der Waals surface area contributed by atoms with Crippen molar-refractivity contribution in [3.05, 3.63) is 35.9 Å². The van der Waals surface area contributed by atoms with Gasteiger partial charge in [-0.05, 0) is 12.5 Å². The Morgan fingerprint density at radius 1 is 1.32 bits per heavy atom. The van der Waals surface area contributed by atoms with Gasteiger partial charge in [-0.3, -0.25) is 0 Å². The Hall–Kier alpha value is -0.940. The van der Waals surface area contributed by atoms with Gasteiger partial charge in [0.05, 0.1) is 18.8 Å². The average molecular weight is 266 g/mol. The fourth-order valence-electron chi connectivity index (χ4n) is 2.43. The van der Waals surface area contributed by atoms with E-state index in [4.69, 9.17) is 14.2 Å². The highest BCUT2D eigenvalue weighted by molar-refractivity contribution is 5.13. The van der Waals surface area contributed by atoms with E-state index in [0.29, 0.717) is 6.61 Å². The van der Waals surface area contributed by atoms with Crippen LogP contribution in [-0.2, 0) is 20.8 Å². The highest BCUT2D eigenvalue weighted by Crippen LogP contribution is 2.30. The predicted octanol–water partition coefficient (Wildman–Crippen LogP) is 1.96. The lowest BCUT2D eigenvalue weighted by Crippen LogP contribution is -2.32. The van der Waals surface area contributed by atoms with Gasteiger partial charge in [0.15, 0.2) is 6.29 Å². The van der Waals surface area contributed by atoms with Gasteiger partial charge in [0, 0.05) is 13.0 Å². The molecule has 4 heteroatoms. The summed E-state index contributed by atoms with van der Waals surface area (Å²) in [4.78, 5) is 0. The molecule has 19 heavy (non-hydrogen) atoms. The fraction of sp³-hybridized carbons (Fsp3) is 0.600. The standard InChI is InChI=1S/C15H22O4/c1-10-13(16)15(17-3)19-14(10)11(2)18-9-12-7-5-4-6-8-12/h4-8,10-11,13-16H,9H2,1-3H3/t10-,11-,13+,14-,15-/m0/s1. The Morgan fingerprint density at radius 2 is 2.00 bits per heavy atom. The summed E-state index contributed by atoms with van der Waals surface area (Å²) in [7, 11) is 1.54. The molecule has 0 aromatic heterocycles. The molecule has 5 atom stereocenters. The smallest absolute Gasteiger partial charge is 0.183 e. The van der Waals surface area contributed by atoms with E-state index >= 15 is 0 Å². The molecule has 1 aromatic rings. The Balaban J connectivity index is 1.88. The molecule has 0 saturated carbocycles. The Morgan fingerprint density at radius 3 is 2.58 bits per heavy atom. The molecule has 1 fully saturated rings. The lowest BCUT2D eigenvalue weighted by Gasteiger charge is -2.23. The molecule has 1 heterocycles. The lowest BCUT2D eigenvalue weighted by atomic mass is 9.97. The molecule has 1 aromatic carbocycles. The minimum atomic E-state index is -0.599. The van der Waals surface area contributed by atoms with Gasteiger partial charge < -0.3 is 19.3 Å². The third-order valence-corrected chi connectivity index (χ3v) is 3.68. The summed E-state index contributed by atoms with van der Waals surface area (Å²) in [6.07, 6.45) is -1.39. The van der Waals surface area contributed by atoms with Crippen molar-refractivity contribution in [2.24, 2.45) is 5.92 Å². The average Bonchev–Trinajstić information content (AvgIpc) is 2.73. The molecule has 1 aliphatic rings. The SMILES string of the molecule is CO[C@H]1O[C@H]([C@H](C)OCc2ccccc2)[C@@H](C)[C@H]1O. The summed E-state index contributed by atoms with van der Waals surface area (Å²) in [6, 6.07) is 10.0. The summed E-state index contributed by atoms with van der Waals surface area (Å²) in [6.45, 7) is 4.47. The molecule has 106 valence electrons. The monoisotopic (exact) mass is 266 g/mol. The van der Waals surface area contributed by atoms with Crippen LogP contribution in [0.4, 0.5) is 0 Å². The zero-order valence-electron chi connectivity index (χ0n) is 11.7. The van der Waals surface area contributed by atoms with Crippen molar-refractivity contribution < 1.29 is 19.3 Å². The molecule has 1 aliphatic heterocycles. The summed E-state index contributed by atoms with van der Waals surface area (Å²) < 4.78 is 16.6. The first-order chi connectivity index (χ1) is 9.13. The summed E-state index contributed by atoms with van der Waals surface area (Å²) >= 11 is 0. The minimum absolute atomic E-state index is 0.00396. The molecule has 0 unspecified atom stereocenters. The van der Waals surface area contributed by atoms with Gasteiger partial charge in [-0.2, -0.15) is 0 Å². The van der Waals surface area contributed by atoms with E-state index in [-0.39, 0.29) is 18.1 Å². The molecule has 0 spiro atoms. The first-order valence-corrected chi connectivity index (χ1v) is 6.65. The Bertz CT molecular complexity index is 381. The Kier molecular flexibility index (Phi) is 4.93. The molecule has 0 aliphatic carbocycles. The van der Waals surface area contributed by atoms with Gasteiger partial charge in [-0.1, -0.05) is 37.3 Å². The van der Waals surface area contributed by atoms with Crippen LogP contribution in [0.2, 0.25) is 0 Å². The molecule has 0 radical (unpaired) electrons. The van der Waals surface area contributed by atoms with E-state index in [1.165, 1.54) is 0 Å².